The van der Waals surface area contributed by atoms with Gasteiger partial charge in [0.15, 0.2) is 5.82 Å². The second-order valence-corrected chi connectivity index (χ2v) is 6.95. The number of piperidine rings is 1. The van der Waals surface area contributed by atoms with Crippen molar-refractivity contribution in [3.8, 4) is 0 Å². The number of aromatic nitrogens is 2. The third kappa shape index (κ3) is 2.30. The van der Waals surface area contributed by atoms with Gasteiger partial charge in [-0.15, -0.1) is 0 Å². The first-order valence-corrected chi connectivity index (χ1v) is 8.51. The monoisotopic (exact) mass is 291 g/mol. The van der Waals surface area contributed by atoms with Crippen LogP contribution in [0.4, 0.5) is 0 Å². The van der Waals surface area contributed by atoms with Crippen molar-refractivity contribution < 1.29 is 9.26 Å². The quantitative estimate of drug-likeness (QED) is 0.923. The van der Waals surface area contributed by atoms with Gasteiger partial charge >= 0.3 is 0 Å². The van der Waals surface area contributed by atoms with Crippen LogP contribution >= 0.6 is 0 Å². The maximum absolute atomic E-state index is 5.93. The van der Waals surface area contributed by atoms with E-state index in [1.807, 2.05) is 0 Å². The van der Waals surface area contributed by atoms with Crippen LogP contribution < -0.4 is 5.32 Å². The van der Waals surface area contributed by atoms with Crippen molar-refractivity contribution in [2.24, 2.45) is 0 Å². The van der Waals surface area contributed by atoms with Gasteiger partial charge in [0.1, 0.15) is 0 Å². The summed E-state index contributed by atoms with van der Waals surface area (Å²) in [7, 11) is 0. The molecule has 0 aromatic carbocycles. The third-order valence-electron chi connectivity index (χ3n) is 5.62. The highest BCUT2D eigenvalue weighted by Gasteiger charge is 2.45. The lowest BCUT2D eigenvalue weighted by atomic mass is 9.75. The molecule has 0 spiro atoms. The van der Waals surface area contributed by atoms with Crippen LogP contribution in [0, 0.1) is 0 Å². The molecule has 3 aliphatic rings. The lowest BCUT2D eigenvalue weighted by Crippen LogP contribution is -2.40. The molecular formula is C16H25N3O2. The van der Waals surface area contributed by atoms with E-state index in [4.69, 9.17) is 14.2 Å². The summed E-state index contributed by atoms with van der Waals surface area (Å²) in [5.74, 6) is 2.14. The Morgan fingerprint density at radius 3 is 2.81 bits per heavy atom. The lowest BCUT2D eigenvalue weighted by molar-refractivity contribution is 0.0996. The second-order valence-electron chi connectivity index (χ2n) is 6.95. The van der Waals surface area contributed by atoms with Gasteiger partial charge in [-0.1, -0.05) is 18.5 Å². The molecule has 4 heterocycles. The van der Waals surface area contributed by atoms with Gasteiger partial charge in [-0.25, -0.2) is 0 Å². The highest BCUT2D eigenvalue weighted by atomic mass is 16.5. The lowest BCUT2D eigenvalue weighted by Gasteiger charge is -2.34. The van der Waals surface area contributed by atoms with Crippen molar-refractivity contribution in [3.05, 3.63) is 11.7 Å². The number of nitrogens with zero attached hydrogens (tertiary/aromatic N) is 2. The number of hydrogen-bond acceptors (Lipinski definition) is 5. The molecule has 1 aromatic rings. The van der Waals surface area contributed by atoms with E-state index < -0.39 is 0 Å². The summed E-state index contributed by atoms with van der Waals surface area (Å²) in [5.41, 5.74) is 0.101. The second kappa shape index (κ2) is 5.36. The van der Waals surface area contributed by atoms with E-state index in [2.05, 4.69) is 17.4 Å². The summed E-state index contributed by atoms with van der Waals surface area (Å²) in [6, 6.07) is 0. The van der Waals surface area contributed by atoms with Crippen LogP contribution in [0.2, 0.25) is 0 Å². The molecule has 3 atom stereocenters. The van der Waals surface area contributed by atoms with Crippen molar-refractivity contribution in [1.82, 2.24) is 15.5 Å². The molecule has 0 aliphatic carbocycles. The average Bonchev–Trinajstić information content (AvgIpc) is 3.24. The first-order chi connectivity index (χ1) is 10.3. The zero-order valence-electron chi connectivity index (χ0n) is 12.8. The molecule has 3 unspecified atom stereocenters. The number of nitrogens with one attached hydrogen (secondary N) is 1. The Morgan fingerprint density at radius 1 is 1.29 bits per heavy atom. The van der Waals surface area contributed by atoms with Crippen LogP contribution in [-0.2, 0) is 10.2 Å². The summed E-state index contributed by atoms with van der Waals surface area (Å²) < 4.78 is 11.7. The molecule has 0 radical (unpaired) electrons. The Balaban J connectivity index is 1.57. The summed E-state index contributed by atoms with van der Waals surface area (Å²) in [6.45, 7) is 4.34. The number of rotatable bonds is 4. The third-order valence-corrected chi connectivity index (χ3v) is 5.62. The molecule has 21 heavy (non-hydrogen) atoms. The molecule has 3 fully saturated rings. The number of ether oxygens (including phenoxy) is 1. The van der Waals surface area contributed by atoms with Crippen molar-refractivity contribution in [1.29, 1.82) is 0 Å². The van der Waals surface area contributed by atoms with E-state index in [9.17, 15) is 0 Å². The summed E-state index contributed by atoms with van der Waals surface area (Å²) >= 11 is 0. The highest BCUT2D eigenvalue weighted by Crippen LogP contribution is 2.44. The molecule has 116 valence electrons. The van der Waals surface area contributed by atoms with Gasteiger partial charge in [0.05, 0.1) is 23.5 Å². The predicted octanol–water partition coefficient (Wildman–Crippen LogP) is 2.53. The largest absolute Gasteiger partial charge is 0.374 e. The molecule has 3 saturated heterocycles. The van der Waals surface area contributed by atoms with E-state index in [-0.39, 0.29) is 5.41 Å². The fourth-order valence-electron chi connectivity index (χ4n) is 4.47. The van der Waals surface area contributed by atoms with Gasteiger partial charge in [-0.2, -0.15) is 4.98 Å². The average molecular weight is 291 g/mol. The van der Waals surface area contributed by atoms with Crippen LogP contribution in [0.5, 0.6) is 0 Å². The normalized spacial score (nSPS) is 34.4. The first-order valence-electron chi connectivity index (χ1n) is 8.51. The van der Waals surface area contributed by atoms with E-state index in [0.29, 0.717) is 18.1 Å². The van der Waals surface area contributed by atoms with Crippen LogP contribution in [0.1, 0.15) is 69.5 Å². The maximum Gasteiger partial charge on any atom is 0.232 e. The Kier molecular flexibility index (Phi) is 3.50. The van der Waals surface area contributed by atoms with Crippen LogP contribution in [0.25, 0.3) is 0 Å². The Bertz CT molecular complexity index is 490. The molecule has 5 nitrogen and oxygen atoms in total. The van der Waals surface area contributed by atoms with Gasteiger partial charge in [0.25, 0.3) is 0 Å². The van der Waals surface area contributed by atoms with Crippen molar-refractivity contribution in [2.75, 3.05) is 13.1 Å². The first kappa shape index (κ1) is 13.7. The van der Waals surface area contributed by atoms with Crippen molar-refractivity contribution in [2.45, 2.75) is 75.4 Å². The fraction of sp³-hybridized carbons (Fsp3) is 0.875. The molecule has 0 saturated carbocycles. The molecule has 5 heteroatoms. The topological polar surface area (TPSA) is 60.2 Å². The minimum Gasteiger partial charge on any atom is -0.374 e. The standard InChI is InChI=1S/C16H25N3O2/c1-2-5-16(6-8-17-9-7-16)15-18-14(19-21-15)12-10-11-3-4-13(12)20-11/h11-13,17H,2-10H2,1H3. The van der Waals surface area contributed by atoms with Gasteiger partial charge in [-0.3, -0.25) is 0 Å². The van der Waals surface area contributed by atoms with Crippen LogP contribution in [0.15, 0.2) is 4.52 Å². The Hall–Kier alpha value is -0.940. The Morgan fingerprint density at radius 2 is 2.14 bits per heavy atom. The van der Waals surface area contributed by atoms with Gasteiger partial charge in [0.2, 0.25) is 5.89 Å². The SMILES string of the molecule is CCCC1(c2nc(C3CC4CCC3O4)no2)CCNCC1. The molecule has 1 aromatic heterocycles. The summed E-state index contributed by atoms with van der Waals surface area (Å²) in [5, 5.41) is 7.77. The fourth-order valence-corrected chi connectivity index (χ4v) is 4.47. The highest BCUT2D eigenvalue weighted by molar-refractivity contribution is 5.12. The van der Waals surface area contributed by atoms with Crippen molar-refractivity contribution >= 4 is 0 Å². The summed E-state index contributed by atoms with van der Waals surface area (Å²) in [4.78, 5) is 4.84. The zero-order valence-corrected chi connectivity index (χ0v) is 12.8. The minimum absolute atomic E-state index is 0.101. The molecule has 1 N–H and O–H groups in total. The van der Waals surface area contributed by atoms with Gasteiger partial charge in [-0.05, 0) is 51.6 Å². The predicted molar refractivity (Wildman–Crippen MR) is 78.2 cm³/mol. The minimum atomic E-state index is 0.101. The number of hydrogen-bond donors (Lipinski definition) is 1. The van der Waals surface area contributed by atoms with Crippen molar-refractivity contribution in [3.63, 3.8) is 0 Å². The molecular weight excluding hydrogens is 266 g/mol. The van der Waals surface area contributed by atoms with Crippen LogP contribution in [0.3, 0.4) is 0 Å². The molecule has 0 amide bonds. The molecule has 3 aliphatic heterocycles. The van der Waals surface area contributed by atoms with E-state index in [1.165, 1.54) is 6.42 Å². The van der Waals surface area contributed by atoms with Gasteiger partial charge < -0.3 is 14.6 Å². The molecule has 2 bridgehead atoms. The van der Waals surface area contributed by atoms with E-state index in [0.717, 1.165) is 63.3 Å². The molecule has 4 rings (SSSR count). The van der Waals surface area contributed by atoms with Gasteiger partial charge in [0, 0.05) is 0 Å². The summed E-state index contributed by atoms with van der Waals surface area (Å²) in [6.07, 6.45) is 8.72. The van der Waals surface area contributed by atoms with Crippen LogP contribution in [-0.4, -0.2) is 35.4 Å². The van der Waals surface area contributed by atoms with E-state index >= 15 is 0 Å². The Labute approximate surface area is 125 Å². The zero-order chi connectivity index (χ0) is 14.3. The maximum atomic E-state index is 5.93. The number of fused-ring (bicyclic) bond motifs is 2. The smallest absolute Gasteiger partial charge is 0.232 e. The van der Waals surface area contributed by atoms with E-state index in [1.54, 1.807) is 0 Å².